The lowest BCUT2D eigenvalue weighted by Crippen LogP contribution is -2.56. The van der Waals surface area contributed by atoms with E-state index in [1.54, 1.807) is 58.0 Å². The van der Waals surface area contributed by atoms with Gasteiger partial charge < -0.3 is 15.2 Å². The van der Waals surface area contributed by atoms with Crippen molar-refractivity contribution in [3.05, 3.63) is 52.6 Å². The first kappa shape index (κ1) is 21.2. The predicted octanol–water partition coefficient (Wildman–Crippen LogP) is 1.21. The summed E-state index contributed by atoms with van der Waals surface area (Å²) in [5.41, 5.74) is 4.41. The van der Waals surface area contributed by atoms with E-state index in [1.165, 1.54) is 18.3 Å². The molecule has 0 saturated heterocycles. The first-order chi connectivity index (χ1) is 14.1. The highest BCUT2D eigenvalue weighted by Crippen LogP contribution is 2.26. The molecule has 0 unspecified atom stereocenters. The van der Waals surface area contributed by atoms with Crippen molar-refractivity contribution in [2.24, 2.45) is 5.10 Å². The SMILES string of the molecule is COc1cccc(C(=O)NN(C(=O)c2ccc3c(c2O)C=NNB3)C(C)(C)C)c1C. The molecule has 0 radical (unpaired) electrons. The van der Waals surface area contributed by atoms with Crippen LogP contribution in [0.5, 0.6) is 11.5 Å². The molecule has 2 aromatic rings. The van der Waals surface area contributed by atoms with Crippen LogP contribution in [0, 0.1) is 6.92 Å². The van der Waals surface area contributed by atoms with Crippen LogP contribution in [0.25, 0.3) is 0 Å². The summed E-state index contributed by atoms with van der Waals surface area (Å²) in [6.07, 6.45) is 1.48. The Morgan fingerprint density at radius 1 is 1.20 bits per heavy atom. The number of carbonyl (C=O) groups excluding carboxylic acids is 2. The second-order valence-electron chi connectivity index (χ2n) is 8.01. The number of phenols is 1. The second-order valence-corrected chi connectivity index (χ2v) is 8.01. The van der Waals surface area contributed by atoms with Crippen LogP contribution in [-0.4, -0.2) is 48.2 Å². The van der Waals surface area contributed by atoms with Crippen LogP contribution >= 0.6 is 0 Å². The second kappa shape index (κ2) is 8.10. The topological polar surface area (TPSA) is 103 Å². The van der Waals surface area contributed by atoms with Crippen molar-refractivity contribution in [2.75, 3.05) is 7.11 Å². The van der Waals surface area contributed by atoms with Gasteiger partial charge in [0.1, 0.15) is 11.5 Å². The Morgan fingerprint density at radius 2 is 1.93 bits per heavy atom. The Labute approximate surface area is 176 Å². The monoisotopic (exact) mass is 408 g/mol. The lowest BCUT2D eigenvalue weighted by molar-refractivity contribution is 0.0356. The number of methoxy groups -OCH3 is 1. The van der Waals surface area contributed by atoms with Crippen molar-refractivity contribution < 1.29 is 19.4 Å². The van der Waals surface area contributed by atoms with Crippen LogP contribution in [0.3, 0.4) is 0 Å². The number of hydrazone groups is 1. The van der Waals surface area contributed by atoms with E-state index in [0.29, 0.717) is 29.9 Å². The number of rotatable bonds is 3. The van der Waals surface area contributed by atoms with Gasteiger partial charge in [0.2, 0.25) is 0 Å². The molecule has 1 aliphatic rings. The van der Waals surface area contributed by atoms with Gasteiger partial charge in [-0.25, -0.2) is 10.1 Å². The van der Waals surface area contributed by atoms with Crippen molar-refractivity contribution >= 4 is 30.9 Å². The highest BCUT2D eigenvalue weighted by atomic mass is 16.5. The minimum absolute atomic E-state index is 0.0830. The van der Waals surface area contributed by atoms with Crippen LogP contribution in [0.1, 0.15) is 52.6 Å². The highest BCUT2D eigenvalue weighted by molar-refractivity contribution is 6.53. The van der Waals surface area contributed by atoms with Crippen LogP contribution in [0.2, 0.25) is 0 Å². The smallest absolute Gasteiger partial charge is 0.288 e. The lowest BCUT2D eigenvalue weighted by atomic mass is 9.78. The lowest BCUT2D eigenvalue weighted by Gasteiger charge is -2.36. The number of hydrazine groups is 1. The molecule has 0 atom stereocenters. The normalized spacial score (nSPS) is 12.3. The molecule has 3 N–H and O–H groups in total. The minimum atomic E-state index is -0.752. The van der Waals surface area contributed by atoms with Crippen LogP contribution in [0.15, 0.2) is 35.4 Å². The molecule has 3 rings (SSSR count). The fourth-order valence-corrected chi connectivity index (χ4v) is 3.25. The molecule has 1 aliphatic heterocycles. The zero-order valence-corrected chi connectivity index (χ0v) is 17.7. The summed E-state index contributed by atoms with van der Waals surface area (Å²) < 4.78 is 5.28. The third kappa shape index (κ3) is 3.96. The molecule has 2 aromatic carbocycles. The maximum absolute atomic E-state index is 13.3. The standard InChI is InChI=1S/C21H25BN4O4/c1-12-13(7-6-8-17(12)30-5)19(28)24-26(21(2,3)4)20(29)14-9-10-16-15(18(14)27)11-23-25-22-16/h6-11,22,25,27H,1-5H3,(H,24,28). The minimum Gasteiger partial charge on any atom is -0.506 e. The molecule has 0 aliphatic carbocycles. The highest BCUT2D eigenvalue weighted by Gasteiger charge is 2.32. The maximum atomic E-state index is 13.3. The van der Waals surface area contributed by atoms with Gasteiger partial charge in [0.15, 0.2) is 0 Å². The average molecular weight is 408 g/mol. The number of nitrogens with one attached hydrogen (secondary N) is 2. The van der Waals surface area contributed by atoms with Crippen molar-refractivity contribution in [2.45, 2.75) is 33.2 Å². The van der Waals surface area contributed by atoms with Crippen molar-refractivity contribution in [1.82, 2.24) is 15.8 Å². The summed E-state index contributed by atoms with van der Waals surface area (Å²) in [7, 11) is 2.00. The average Bonchev–Trinajstić information content (AvgIpc) is 2.71. The van der Waals surface area contributed by atoms with Crippen LogP contribution in [-0.2, 0) is 0 Å². The predicted molar refractivity (Wildman–Crippen MR) is 117 cm³/mol. The Bertz CT molecular complexity index is 1030. The molecule has 0 fully saturated rings. The first-order valence-electron chi connectivity index (χ1n) is 9.55. The largest absolute Gasteiger partial charge is 0.506 e. The molecule has 0 aromatic heterocycles. The maximum Gasteiger partial charge on any atom is 0.288 e. The van der Waals surface area contributed by atoms with E-state index in [-0.39, 0.29) is 11.3 Å². The summed E-state index contributed by atoms with van der Waals surface area (Å²) >= 11 is 0. The third-order valence-electron chi connectivity index (χ3n) is 4.93. The Hall–Kier alpha value is -3.49. The van der Waals surface area contributed by atoms with Crippen molar-refractivity contribution in [1.29, 1.82) is 0 Å². The number of hydrogen-bond acceptors (Lipinski definition) is 6. The van der Waals surface area contributed by atoms with E-state index in [0.717, 1.165) is 5.46 Å². The number of phenolic OH excluding ortho intramolecular Hbond substituents is 1. The van der Waals surface area contributed by atoms with Gasteiger partial charge in [0.05, 0.1) is 24.4 Å². The summed E-state index contributed by atoms with van der Waals surface area (Å²) in [5, 5.41) is 18.7. The number of aromatic hydroxyl groups is 1. The van der Waals surface area contributed by atoms with Gasteiger partial charge in [-0.2, -0.15) is 0 Å². The van der Waals surface area contributed by atoms with Crippen LogP contribution < -0.4 is 21.0 Å². The van der Waals surface area contributed by atoms with Gasteiger partial charge in [0, 0.05) is 16.7 Å². The van der Waals surface area contributed by atoms with E-state index in [9.17, 15) is 14.7 Å². The zero-order chi connectivity index (χ0) is 22.1. The number of benzene rings is 2. The Kier molecular flexibility index (Phi) is 5.73. The van der Waals surface area contributed by atoms with Gasteiger partial charge >= 0.3 is 0 Å². The van der Waals surface area contributed by atoms with Gasteiger partial charge in [-0.05, 0) is 51.4 Å². The number of carbonyl (C=O) groups is 2. The summed E-state index contributed by atoms with van der Waals surface area (Å²) in [5.74, 6) is -0.554. The number of hydrogen-bond donors (Lipinski definition) is 3. The molecule has 9 heteroatoms. The van der Waals surface area contributed by atoms with Crippen molar-refractivity contribution in [3.63, 3.8) is 0 Å². The van der Waals surface area contributed by atoms with Gasteiger partial charge in [-0.15, -0.1) is 0 Å². The summed E-state index contributed by atoms with van der Waals surface area (Å²) in [6.45, 7) is 7.17. The molecule has 1 heterocycles. The Morgan fingerprint density at radius 3 is 2.60 bits per heavy atom. The number of nitrogens with zero attached hydrogens (tertiary/aromatic N) is 2. The van der Waals surface area contributed by atoms with E-state index in [4.69, 9.17) is 4.74 Å². The molecular weight excluding hydrogens is 383 g/mol. The van der Waals surface area contributed by atoms with Gasteiger partial charge in [0.25, 0.3) is 19.2 Å². The molecule has 0 spiro atoms. The molecule has 8 nitrogen and oxygen atoms in total. The van der Waals surface area contributed by atoms with Crippen molar-refractivity contribution in [3.8, 4) is 11.5 Å². The van der Waals surface area contributed by atoms with E-state index < -0.39 is 17.4 Å². The zero-order valence-electron chi connectivity index (χ0n) is 17.7. The first-order valence-corrected chi connectivity index (χ1v) is 9.55. The van der Waals surface area contributed by atoms with Crippen LogP contribution in [0.4, 0.5) is 0 Å². The van der Waals surface area contributed by atoms with E-state index >= 15 is 0 Å². The number of amides is 2. The molecule has 0 saturated carbocycles. The van der Waals surface area contributed by atoms with Gasteiger partial charge in [-0.1, -0.05) is 12.1 Å². The molecule has 156 valence electrons. The number of fused-ring (bicyclic) bond motifs is 1. The van der Waals surface area contributed by atoms with E-state index in [1.807, 2.05) is 0 Å². The Balaban J connectivity index is 1.96. The summed E-state index contributed by atoms with van der Waals surface area (Å²) in [4.78, 5) is 26.3. The molecule has 2 amide bonds. The fourth-order valence-electron chi connectivity index (χ4n) is 3.25. The molecular formula is C21H25BN4O4. The quantitative estimate of drug-likeness (QED) is 0.523. The number of ether oxygens (including phenoxy) is 1. The van der Waals surface area contributed by atoms with E-state index in [2.05, 4.69) is 15.9 Å². The third-order valence-corrected chi connectivity index (χ3v) is 4.93. The molecule has 0 bridgehead atoms. The van der Waals surface area contributed by atoms with Gasteiger partial charge in [-0.3, -0.25) is 15.0 Å². The summed E-state index contributed by atoms with van der Waals surface area (Å²) in [6, 6.07) is 8.46. The fraction of sp³-hybridized carbons (Fsp3) is 0.286. The molecule has 30 heavy (non-hydrogen) atoms.